The predicted molar refractivity (Wildman–Crippen MR) is 174 cm³/mol. The third-order valence-corrected chi connectivity index (χ3v) is 9.67. The van der Waals surface area contributed by atoms with Crippen LogP contribution in [0.4, 0.5) is 0 Å². The number of rotatable bonds is 7. The van der Waals surface area contributed by atoms with Gasteiger partial charge in [-0.15, -0.1) is 0 Å². The van der Waals surface area contributed by atoms with E-state index < -0.39 is 88.3 Å². The van der Waals surface area contributed by atoms with Gasteiger partial charge >= 0.3 is 0 Å². The molecule has 1 aromatic heterocycles. The molecule has 11 nitrogen and oxygen atoms in total. The minimum Gasteiger partial charge on any atom is -0.510 e. The Balaban J connectivity index is 1.80. The van der Waals surface area contributed by atoms with Crippen LogP contribution in [-0.4, -0.2) is 44.7 Å². The fourth-order valence-corrected chi connectivity index (χ4v) is 7.48. The molecular weight excluding hydrogens is 614 g/mol. The summed E-state index contributed by atoms with van der Waals surface area (Å²) < 4.78 is 4.93. The van der Waals surface area contributed by atoms with Crippen molar-refractivity contribution in [3.63, 3.8) is 0 Å². The van der Waals surface area contributed by atoms with Gasteiger partial charge < -0.3 is 25.0 Å². The lowest BCUT2D eigenvalue weighted by atomic mass is 9.70. The van der Waals surface area contributed by atoms with Gasteiger partial charge in [0.2, 0.25) is 16.3 Å². The van der Waals surface area contributed by atoms with E-state index in [-0.39, 0.29) is 28.7 Å². The Morgan fingerprint density at radius 2 is 1.65 bits per heavy atom. The molecule has 12 heteroatoms. The maximum atomic E-state index is 13.9. The maximum absolute atomic E-state index is 13.9. The van der Waals surface area contributed by atoms with Crippen molar-refractivity contribution in [3.05, 3.63) is 125 Å². The number of ether oxygens (including phenoxy) is 1. The van der Waals surface area contributed by atoms with Crippen molar-refractivity contribution in [2.45, 2.75) is 25.7 Å². The molecule has 0 saturated carbocycles. The van der Waals surface area contributed by atoms with Gasteiger partial charge in [-0.1, -0.05) is 31.2 Å². The quantitative estimate of drug-likeness (QED) is 0.208. The molecule has 6 rings (SSSR count). The van der Waals surface area contributed by atoms with Gasteiger partial charge in [0, 0.05) is 23.2 Å². The first-order valence-corrected chi connectivity index (χ1v) is 15.5. The molecule has 0 saturated heterocycles. The number of H-pyrrole nitrogens is 1. The lowest BCUT2D eigenvalue weighted by Gasteiger charge is -2.32. The van der Waals surface area contributed by atoms with Gasteiger partial charge in [-0.25, -0.2) is 0 Å². The van der Waals surface area contributed by atoms with Crippen molar-refractivity contribution < 1.29 is 24.9 Å². The first kappa shape index (κ1) is 30.8. The number of nitrogens with one attached hydrogen (secondary N) is 1. The molecule has 46 heavy (non-hydrogen) atoms. The lowest BCUT2D eigenvalue weighted by molar-refractivity contribution is -0.121. The molecule has 0 aliphatic heterocycles. The topological polar surface area (TPSA) is 188 Å². The zero-order valence-electron chi connectivity index (χ0n) is 24.8. The van der Waals surface area contributed by atoms with Gasteiger partial charge in [0.25, 0.3) is 5.56 Å². The van der Waals surface area contributed by atoms with Crippen molar-refractivity contribution in [3.8, 4) is 11.5 Å². The largest absolute Gasteiger partial charge is 0.510 e. The molecule has 1 unspecified atom stereocenters. The number of phenolic OH excluding ortho intramolecular Hbond substituents is 1. The highest BCUT2D eigenvalue weighted by atomic mass is 32.2. The number of Topliss-reactive ketones (excluding diaryl/α,β-unsaturated/α-hetero) is 1. The second kappa shape index (κ2) is 11.0. The van der Waals surface area contributed by atoms with Crippen LogP contribution in [0.15, 0.2) is 60.4 Å². The van der Waals surface area contributed by atoms with E-state index >= 15 is 0 Å². The molecule has 2 atom stereocenters. The second-order valence-electron chi connectivity index (χ2n) is 11.1. The van der Waals surface area contributed by atoms with E-state index in [0.29, 0.717) is 16.8 Å². The van der Waals surface area contributed by atoms with Crippen molar-refractivity contribution in [1.29, 1.82) is 0 Å². The number of allylic oxidation sites excluding steroid dienone is 3. The molecule has 0 amide bonds. The number of aromatic amines is 1. The van der Waals surface area contributed by atoms with Gasteiger partial charge in [0.15, 0.2) is 11.2 Å². The van der Waals surface area contributed by atoms with E-state index in [1.807, 2.05) is 13.8 Å². The number of hydrogen-bond acceptors (Lipinski definition) is 11. The smallest absolute Gasteiger partial charge is 0.260 e. The van der Waals surface area contributed by atoms with Gasteiger partial charge in [0.05, 0.1) is 39.1 Å². The average molecular weight is 642 g/mol. The SMILES string of the molecule is C/C=C/C=C/c1cc2cc3c(c(O)c2c(=O)[nH]1)[C@]1(C(O)=c2c(=O)c4c(=O)cc(OC)c(=O)c=4c(=O)c2=C1O)C(C(=O)CSCC)C3. The predicted octanol–water partition coefficient (Wildman–Crippen LogP) is 0.651. The monoisotopic (exact) mass is 641 g/mol. The Hall–Kier alpha value is -5.23. The van der Waals surface area contributed by atoms with Crippen LogP contribution in [0.1, 0.15) is 30.7 Å². The molecule has 0 fully saturated rings. The van der Waals surface area contributed by atoms with Gasteiger partial charge in [-0.05, 0) is 42.2 Å². The number of ketones is 1. The van der Waals surface area contributed by atoms with Gasteiger partial charge in [-0.3, -0.25) is 28.8 Å². The molecule has 234 valence electrons. The van der Waals surface area contributed by atoms with Crippen LogP contribution in [0, 0.1) is 16.4 Å². The molecule has 1 spiro atoms. The number of aliphatic hydroxyl groups is 2. The standard InChI is InChI=1S/C34H27NO10S/c1-4-6-7-8-16-10-14-9-15-11-17(19(37)13-46-5-2)34(26(15)30(41)21(14)33(44)35-16)31(42)24-25(32(34)43)29(40)23-22(28(24)39)18(36)12-20(45-3)27(23)38/h4,6-10,12,17,41-43H,5,11,13H2,1-3H3,(H,35,44)/b6-4+,8-7+/t17?,34-/m0/s1. The van der Waals surface area contributed by atoms with E-state index in [2.05, 4.69) is 4.98 Å². The van der Waals surface area contributed by atoms with Crippen LogP contribution in [0.3, 0.4) is 0 Å². The lowest BCUT2D eigenvalue weighted by Crippen LogP contribution is -2.51. The summed E-state index contributed by atoms with van der Waals surface area (Å²) in [6.45, 7) is 3.66. The summed E-state index contributed by atoms with van der Waals surface area (Å²) in [7, 11) is 1.10. The highest BCUT2D eigenvalue weighted by molar-refractivity contribution is 7.99. The number of fused-ring (bicyclic) bond motifs is 4. The van der Waals surface area contributed by atoms with E-state index in [1.165, 1.54) is 11.8 Å². The van der Waals surface area contributed by atoms with Crippen LogP contribution in [0.5, 0.6) is 11.5 Å². The minimum absolute atomic E-state index is 0.0718. The summed E-state index contributed by atoms with van der Waals surface area (Å²) in [5, 5.41) is 32.7. The summed E-state index contributed by atoms with van der Waals surface area (Å²) in [6.07, 6.45) is 6.76. The van der Waals surface area contributed by atoms with Crippen LogP contribution in [0.25, 0.3) is 28.4 Å². The summed E-state index contributed by atoms with van der Waals surface area (Å²) in [5.41, 5.74) is -7.08. The third-order valence-electron chi connectivity index (χ3n) is 8.77. The van der Waals surface area contributed by atoms with Crippen LogP contribution in [0.2, 0.25) is 0 Å². The van der Waals surface area contributed by atoms with E-state index in [0.717, 1.165) is 13.2 Å². The Morgan fingerprint density at radius 1 is 0.978 bits per heavy atom. The number of thioether (sulfide) groups is 1. The summed E-state index contributed by atoms with van der Waals surface area (Å²) in [5.74, 6) is -4.34. The average Bonchev–Trinajstić information content (AvgIpc) is 3.48. The first-order valence-electron chi connectivity index (χ1n) is 14.3. The fraction of sp³-hybridized carbons (Fsp3) is 0.235. The molecule has 1 heterocycles. The Kier molecular flexibility index (Phi) is 7.35. The van der Waals surface area contributed by atoms with E-state index in [9.17, 15) is 44.1 Å². The first-order chi connectivity index (χ1) is 21.9. The number of carbonyl (C=O) groups is 1. The molecule has 0 bridgehead atoms. The maximum Gasteiger partial charge on any atom is 0.260 e. The van der Waals surface area contributed by atoms with Crippen LogP contribution >= 0.6 is 11.8 Å². The normalized spacial score (nSPS) is 18.9. The highest BCUT2D eigenvalue weighted by Crippen LogP contribution is 2.57. The zero-order valence-corrected chi connectivity index (χ0v) is 25.7. The Labute approximate surface area is 262 Å². The fourth-order valence-electron chi connectivity index (χ4n) is 6.88. The van der Waals surface area contributed by atoms with E-state index in [4.69, 9.17) is 4.74 Å². The minimum atomic E-state index is -2.36. The molecule has 2 aromatic rings. The Morgan fingerprint density at radius 3 is 2.28 bits per heavy atom. The van der Waals surface area contributed by atoms with Crippen molar-refractivity contribution in [1.82, 2.24) is 4.98 Å². The highest BCUT2D eigenvalue weighted by Gasteiger charge is 2.60. The molecular formula is C34H27NO10S. The van der Waals surface area contributed by atoms with Crippen molar-refractivity contribution >= 4 is 45.9 Å². The molecule has 4 aliphatic carbocycles. The number of aromatic hydroxyl groups is 1. The van der Waals surface area contributed by atoms with E-state index in [1.54, 1.807) is 36.4 Å². The number of phenols is 1. The molecule has 0 radical (unpaired) electrons. The van der Waals surface area contributed by atoms with Gasteiger partial charge in [0.1, 0.15) is 28.5 Å². The molecule has 4 aliphatic rings. The number of benzene rings is 1. The number of aliphatic hydroxyl groups excluding tert-OH is 2. The Bertz CT molecular complexity index is 2560. The molecule has 4 N–H and O–H groups in total. The van der Waals surface area contributed by atoms with Crippen LogP contribution in [-0.2, 0) is 16.6 Å². The third kappa shape index (κ3) is 3.99. The summed E-state index contributed by atoms with van der Waals surface area (Å²) in [6, 6.07) is 3.93. The summed E-state index contributed by atoms with van der Waals surface area (Å²) in [4.78, 5) is 83.7. The number of methoxy groups -OCH3 is 1. The second-order valence-corrected chi connectivity index (χ2v) is 12.4. The van der Waals surface area contributed by atoms with Crippen molar-refractivity contribution in [2.75, 3.05) is 18.6 Å². The number of pyridine rings is 1. The number of aromatic nitrogens is 1. The zero-order chi connectivity index (χ0) is 33.2. The van der Waals surface area contributed by atoms with Gasteiger partial charge in [-0.2, -0.15) is 11.8 Å². The van der Waals surface area contributed by atoms with Crippen LogP contribution < -0.4 is 42.4 Å². The molecule has 1 aromatic carbocycles. The van der Waals surface area contributed by atoms with Crippen molar-refractivity contribution in [2.24, 2.45) is 5.92 Å². The number of carbonyl (C=O) groups excluding carboxylic acids is 1. The number of hydrogen-bond donors (Lipinski definition) is 4. The summed E-state index contributed by atoms with van der Waals surface area (Å²) >= 11 is 1.27.